The normalized spacial score (nSPS) is 29.4. The van der Waals surface area contributed by atoms with Crippen LogP contribution in [0.25, 0.3) is 10.9 Å². The van der Waals surface area contributed by atoms with Gasteiger partial charge in [0.05, 0.1) is 16.6 Å². The summed E-state index contributed by atoms with van der Waals surface area (Å²) in [5, 5.41) is 32.5. The molecule has 0 bridgehead atoms. The molecule has 5 atom stereocenters. The lowest BCUT2D eigenvalue weighted by Crippen LogP contribution is -2.54. The number of rotatable bonds is 4. The molecule has 3 N–H and O–H groups in total. The Labute approximate surface area is 180 Å². The van der Waals surface area contributed by atoms with Crippen LogP contribution in [-0.4, -0.2) is 44.3 Å². The molecule has 0 spiro atoms. The van der Waals surface area contributed by atoms with Crippen LogP contribution in [0.3, 0.4) is 0 Å². The molecule has 1 aliphatic heterocycles. The maximum atomic E-state index is 10.6. The third kappa shape index (κ3) is 3.45. The smallest absolute Gasteiger partial charge is 0.163 e. The van der Waals surface area contributed by atoms with Gasteiger partial charge in [-0.3, -0.25) is 0 Å². The lowest BCUT2D eigenvalue weighted by Gasteiger charge is -2.40. The molecule has 158 valence electrons. The van der Waals surface area contributed by atoms with Gasteiger partial charge in [0.25, 0.3) is 0 Å². The number of aliphatic hydroxyl groups excluding tert-OH is 3. The van der Waals surface area contributed by atoms with E-state index in [4.69, 9.17) is 16.3 Å². The van der Waals surface area contributed by atoms with Crippen molar-refractivity contribution in [2.24, 2.45) is 0 Å². The minimum atomic E-state index is -1.28. The predicted molar refractivity (Wildman–Crippen MR) is 116 cm³/mol. The second-order valence-electron chi connectivity index (χ2n) is 8.59. The largest absolute Gasteiger partial charge is 0.388 e. The first-order chi connectivity index (χ1) is 14.4. The summed E-state index contributed by atoms with van der Waals surface area (Å²) in [5.74, 6) is 0.726. The van der Waals surface area contributed by atoms with Crippen LogP contribution < -0.4 is 0 Å². The van der Waals surface area contributed by atoms with Crippen molar-refractivity contribution in [2.75, 3.05) is 0 Å². The van der Waals surface area contributed by atoms with Crippen LogP contribution in [0.4, 0.5) is 0 Å². The Balaban J connectivity index is 1.53. The maximum absolute atomic E-state index is 10.6. The lowest BCUT2D eigenvalue weighted by atomic mass is 9.99. The van der Waals surface area contributed by atoms with Crippen molar-refractivity contribution < 1.29 is 20.1 Å². The number of ether oxygens (including phenoxy) is 1. The highest BCUT2D eigenvalue weighted by Crippen LogP contribution is 2.40. The van der Waals surface area contributed by atoms with Crippen LogP contribution in [0.5, 0.6) is 0 Å². The molecule has 0 unspecified atom stereocenters. The molecule has 1 aliphatic carbocycles. The molecule has 1 aromatic heterocycles. The zero-order valence-electron chi connectivity index (χ0n) is 16.8. The summed E-state index contributed by atoms with van der Waals surface area (Å²) >= 11 is 6.57. The van der Waals surface area contributed by atoms with Crippen molar-refractivity contribution in [3.05, 3.63) is 70.4 Å². The van der Waals surface area contributed by atoms with Gasteiger partial charge < -0.3 is 24.6 Å². The van der Waals surface area contributed by atoms with E-state index >= 15 is 0 Å². The van der Waals surface area contributed by atoms with Crippen LogP contribution in [0.2, 0.25) is 5.02 Å². The Bertz CT molecular complexity index is 1060. The molecular weight excluding hydrogens is 402 g/mol. The third-order valence-electron chi connectivity index (χ3n) is 6.41. The average molecular weight is 428 g/mol. The highest BCUT2D eigenvalue weighted by Gasteiger charge is 2.43. The minimum absolute atomic E-state index is 0.608. The van der Waals surface area contributed by atoms with Crippen LogP contribution >= 0.6 is 11.6 Å². The van der Waals surface area contributed by atoms with E-state index in [9.17, 15) is 15.3 Å². The highest BCUT2D eigenvalue weighted by molar-refractivity contribution is 6.35. The van der Waals surface area contributed by atoms with E-state index in [1.807, 2.05) is 29.0 Å². The van der Waals surface area contributed by atoms with Crippen molar-refractivity contribution in [3.8, 4) is 0 Å². The second-order valence-corrected chi connectivity index (χ2v) is 9.00. The van der Waals surface area contributed by atoms with E-state index in [1.54, 1.807) is 6.92 Å². The standard InChI is InChI=1S/C24H26ClNO4/c1-13-21(27)22(28)23(29)24(30-13)26-12-17(20-18(25)3-2-4-19(20)26)11-14-5-7-15(8-6-14)16-9-10-16/h2-8,12-13,16,21-24,27-29H,9-11H2,1H3/t13-,21-,22+,23-,24-/m1/s1. The van der Waals surface area contributed by atoms with Gasteiger partial charge in [-0.25, -0.2) is 0 Å². The number of halogens is 1. The molecule has 5 nitrogen and oxygen atoms in total. The zero-order chi connectivity index (χ0) is 21.0. The minimum Gasteiger partial charge on any atom is -0.388 e. The lowest BCUT2D eigenvalue weighted by molar-refractivity contribution is -0.239. The first-order valence-electron chi connectivity index (χ1n) is 10.5. The summed E-state index contributed by atoms with van der Waals surface area (Å²) in [4.78, 5) is 0. The maximum Gasteiger partial charge on any atom is 0.163 e. The molecule has 3 aromatic rings. The fraction of sp³-hybridized carbons (Fsp3) is 0.417. The Morgan fingerprint density at radius 2 is 1.73 bits per heavy atom. The van der Waals surface area contributed by atoms with Gasteiger partial charge in [-0.2, -0.15) is 0 Å². The van der Waals surface area contributed by atoms with Crippen molar-refractivity contribution in [1.82, 2.24) is 4.57 Å². The quantitative estimate of drug-likeness (QED) is 0.592. The number of aromatic nitrogens is 1. The van der Waals surface area contributed by atoms with E-state index < -0.39 is 30.6 Å². The Morgan fingerprint density at radius 1 is 1.00 bits per heavy atom. The van der Waals surface area contributed by atoms with E-state index in [0.29, 0.717) is 11.4 Å². The molecule has 2 aromatic carbocycles. The first-order valence-corrected chi connectivity index (χ1v) is 10.9. The molecule has 2 heterocycles. The molecule has 0 radical (unpaired) electrons. The van der Waals surface area contributed by atoms with Crippen LogP contribution in [0.1, 0.15) is 48.6 Å². The summed E-state index contributed by atoms with van der Waals surface area (Å²) in [6.07, 6.45) is 0.110. The summed E-state index contributed by atoms with van der Waals surface area (Å²) < 4.78 is 7.71. The molecule has 1 saturated heterocycles. The number of hydrogen-bond acceptors (Lipinski definition) is 4. The highest BCUT2D eigenvalue weighted by atomic mass is 35.5. The SMILES string of the molecule is C[C@H]1O[C@@H](n2cc(Cc3ccc(C4CC4)cc3)c3c(Cl)cccc32)[C@H](O)[C@@H](O)[C@@H]1O. The average Bonchev–Trinajstić information content (AvgIpc) is 3.53. The molecule has 30 heavy (non-hydrogen) atoms. The van der Waals surface area contributed by atoms with E-state index in [-0.39, 0.29) is 0 Å². The molecule has 0 amide bonds. The molecule has 6 heteroatoms. The van der Waals surface area contributed by atoms with Gasteiger partial charge in [0.15, 0.2) is 6.23 Å². The van der Waals surface area contributed by atoms with Gasteiger partial charge >= 0.3 is 0 Å². The van der Waals surface area contributed by atoms with Crippen LogP contribution in [-0.2, 0) is 11.2 Å². The second kappa shape index (κ2) is 7.66. The fourth-order valence-electron chi connectivity index (χ4n) is 4.50. The molecule has 2 aliphatic rings. The zero-order valence-corrected chi connectivity index (χ0v) is 17.5. The summed E-state index contributed by atoms with van der Waals surface area (Å²) in [7, 11) is 0. The number of aliphatic hydroxyl groups is 3. The van der Waals surface area contributed by atoms with Crippen molar-refractivity contribution in [1.29, 1.82) is 0 Å². The molecule has 5 rings (SSSR count). The summed E-state index contributed by atoms with van der Waals surface area (Å²) in [5.41, 5.74) is 4.44. The Hall–Kier alpha value is -1.89. The van der Waals surface area contributed by atoms with Gasteiger partial charge in [0, 0.05) is 11.6 Å². The molecule has 2 fully saturated rings. The van der Waals surface area contributed by atoms with Gasteiger partial charge in [-0.1, -0.05) is 41.9 Å². The van der Waals surface area contributed by atoms with E-state index in [1.165, 1.54) is 24.0 Å². The summed E-state index contributed by atoms with van der Waals surface area (Å²) in [6.45, 7) is 1.69. The Morgan fingerprint density at radius 3 is 2.43 bits per heavy atom. The number of hydrogen-bond donors (Lipinski definition) is 3. The van der Waals surface area contributed by atoms with E-state index in [2.05, 4.69) is 24.3 Å². The van der Waals surface area contributed by atoms with Gasteiger partial charge in [-0.05, 0) is 60.9 Å². The number of benzene rings is 2. The first kappa shape index (κ1) is 20.0. The fourth-order valence-corrected chi connectivity index (χ4v) is 4.79. The summed E-state index contributed by atoms with van der Waals surface area (Å²) in [6, 6.07) is 14.4. The molecule has 1 saturated carbocycles. The van der Waals surface area contributed by atoms with Gasteiger partial charge in [0.1, 0.15) is 18.3 Å². The van der Waals surface area contributed by atoms with Crippen molar-refractivity contribution >= 4 is 22.5 Å². The number of nitrogens with zero attached hydrogens (tertiary/aromatic N) is 1. The van der Waals surface area contributed by atoms with Gasteiger partial charge in [0.2, 0.25) is 0 Å². The third-order valence-corrected chi connectivity index (χ3v) is 6.73. The number of fused-ring (bicyclic) bond motifs is 1. The van der Waals surface area contributed by atoms with E-state index in [0.717, 1.165) is 22.4 Å². The predicted octanol–water partition coefficient (Wildman–Crippen LogP) is 3.76. The topological polar surface area (TPSA) is 74.9 Å². The van der Waals surface area contributed by atoms with Crippen molar-refractivity contribution in [3.63, 3.8) is 0 Å². The van der Waals surface area contributed by atoms with Crippen LogP contribution in [0.15, 0.2) is 48.7 Å². The van der Waals surface area contributed by atoms with Crippen LogP contribution in [0, 0.1) is 0 Å². The Kier molecular flexibility index (Phi) is 5.12. The van der Waals surface area contributed by atoms with Gasteiger partial charge in [-0.15, -0.1) is 0 Å². The van der Waals surface area contributed by atoms with Crippen molar-refractivity contribution in [2.45, 2.75) is 62.7 Å². The molecular formula is C24H26ClNO4. The monoisotopic (exact) mass is 427 g/mol.